The molecule has 2 fully saturated rings. The van der Waals surface area contributed by atoms with Crippen LogP contribution in [-0.2, 0) is 19.0 Å². The van der Waals surface area contributed by atoms with Gasteiger partial charge in [0, 0.05) is 25.4 Å². The molecule has 6 N–H and O–H groups in total. The van der Waals surface area contributed by atoms with Crippen LogP contribution in [0.4, 0.5) is 0 Å². The first kappa shape index (κ1) is 30.8. The molecule has 0 spiro atoms. The Bertz CT molecular complexity index is 1190. The molecule has 0 radical (unpaired) electrons. The van der Waals surface area contributed by atoms with Crippen LogP contribution in [0.25, 0.3) is 0 Å². The molecule has 0 unspecified atom stereocenters. The lowest BCUT2D eigenvalue weighted by Crippen LogP contribution is -2.60. The van der Waals surface area contributed by atoms with E-state index in [1.54, 1.807) is 24.3 Å². The second-order valence-corrected chi connectivity index (χ2v) is 9.95. The zero-order chi connectivity index (χ0) is 29.8. The molecule has 2 aliphatic rings. The number of phenols is 1. The number of hydrogen-bond acceptors (Lipinski definition) is 13. The largest absolute Gasteiger partial charge is 0.504 e. The van der Waals surface area contributed by atoms with Crippen LogP contribution < -0.4 is 14.2 Å². The van der Waals surface area contributed by atoms with Gasteiger partial charge in [-0.25, -0.2) is 0 Å². The van der Waals surface area contributed by atoms with Gasteiger partial charge in [-0.15, -0.1) is 0 Å². The van der Waals surface area contributed by atoms with Crippen LogP contribution in [0, 0.1) is 11.8 Å². The van der Waals surface area contributed by atoms with Gasteiger partial charge in [0.25, 0.3) is 0 Å². The van der Waals surface area contributed by atoms with E-state index in [1.807, 2.05) is 0 Å². The van der Waals surface area contributed by atoms with E-state index in [4.69, 9.17) is 28.4 Å². The summed E-state index contributed by atoms with van der Waals surface area (Å²) in [4.78, 5) is 11.7. The van der Waals surface area contributed by atoms with Gasteiger partial charge in [0.05, 0.1) is 39.6 Å². The monoisotopic (exact) mass is 580 g/mol. The standard InChI is InChI=1S/C28H36O13/c1-13(31)38-12-17-16(10-29)26(14-4-6-18(32)20(8-14)36-2)41-27(17)15-5-7-19(21(9-15)37-3)39-28-25(35)24(34)23(33)22(11-30)40-28/h4-9,16-17,22-30,32-35H,10-12H2,1-3H3/t16-,17-,22-,23-,24+,25-,26-,27-,28-/m1/s1. The van der Waals surface area contributed by atoms with Crippen molar-refractivity contribution >= 4 is 5.97 Å². The Kier molecular flexibility index (Phi) is 9.92. The predicted molar refractivity (Wildman–Crippen MR) is 139 cm³/mol. The number of benzene rings is 2. The van der Waals surface area contributed by atoms with E-state index in [0.717, 1.165) is 0 Å². The molecule has 4 rings (SSSR count). The number of aliphatic hydroxyl groups is 5. The summed E-state index contributed by atoms with van der Waals surface area (Å²) in [6.45, 7) is 0.354. The number of phenolic OH excluding ortho intramolecular Hbond substituents is 1. The minimum Gasteiger partial charge on any atom is -0.504 e. The molecule has 13 nitrogen and oxygen atoms in total. The number of methoxy groups -OCH3 is 2. The summed E-state index contributed by atoms with van der Waals surface area (Å²) in [7, 11) is 2.82. The van der Waals surface area contributed by atoms with Crippen LogP contribution >= 0.6 is 0 Å². The Balaban J connectivity index is 1.64. The maximum absolute atomic E-state index is 11.7. The Morgan fingerprint density at radius 2 is 1.44 bits per heavy atom. The molecule has 2 heterocycles. The van der Waals surface area contributed by atoms with Gasteiger partial charge in [-0.05, 0) is 35.4 Å². The highest BCUT2D eigenvalue weighted by molar-refractivity contribution is 5.65. The fourth-order valence-electron chi connectivity index (χ4n) is 5.24. The summed E-state index contributed by atoms with van der Waals surface area (Å²) in [5.74, 6) is -0.934. The minimum absolute atomic E-state index is 0.0393. The van der Waals surface area contributed by atoms with E-state index < -0.39 is 67.3 Å². The highest BCUT2D eigenvalue weighted by Gasteiger charge is 2.47. The van der Waals surface area contributed by atoms with Crippen LogP contribution in [0.1, 0.15) is 30.3 Å². The molecular weight excluding hydrogens is 544 g/mol. The van der Waals surface area contributed by atoms with Gasteiger partial charge in [-0.3, -0.25) is 4.79 Å². The van der Waals surface area contributed by atoms with E-state index >= 15 is 0 Å². The summed E-state index contributed by atoms with van der Waals surface area (Å²) < 4.78 is 33.7. The molecule has 0 amide bonds. The molecule has 41 heavy (non-hydrogen) atoms. The molecule has 0 saturated carbocycles. The SMILES string of the molecule is COc1cc([C@H]2O[C@H](c3ccc(O[C@@H]4O[C@H](CO)[C@@H](O)[C@H](O)[C@H]4O)c(OC)c3)[C@H](COC(C)=O)[C@H]2CO)ccc1O. The van der Waals surface area contributed by atoms with Crippen LogP contribution in [0.3, 0.4) is 0 Å². The number of aliphatic hydroxyl groups excluding tert-OH is 5. The Hall–Kier alpha value is -3.17. The van der Waals surface area contributed by atoms with Gasteiger partial charge < -0.3 is 59.1 Å². The van der Waals surface area contributed by atoms with Crippen molar-refractivity contribution in [1.82, 2.24) is 0 Å². The molecule has 13 heteroatoms. The number of ether oxygens (including phenoxy) is 6. The van der Waals surface area contributed by atoms with Gasteiger partial charge in [-0.1, -0.05) is 12.1 Å². The molecule has 9 atom stereocenters. The molecular formula is C28H36O13. The second kappa shape index (κ2) is 13.2. The summed E-state index contributed by atoms with van der Waals surface area (Å²) in [5, 5.41) is 60.4. The zero-order valence-electron chi connectivity index (χ0n) is 22.8. The molecule has 2 aromatic carbocycles. The number of carbonyl (C=O) groups is 1. The van der Waals surface area contributed by atoms with Crippen LogP contribution in [0.5, 0.6) is 23.0 Å². The van der Waals surface area contributed by atoms with E-state index in [0.29, 0.717) is 11.1 Å². The number of rotatable bonds is 10. The summed E-state index contributed by atoms with van der Waals surface area (Å²) in [6.07, 6.45) is -8.65. The normalized spacial score (nSPS) is 31.5. The number of aromatic hydroxyl groups is 1. The van der Waals surface area contributed by atoms with Gasteiger partial charge in [0.2, 0.25) is 6.29 Å². The third kappa shape index (κ3) is 6.36. The quantitative estimate of drug-likeness (QED) is 0.209. The molecule has 2 aliphatic heterocycles. The number of esters is 1. The predicted octanol–water partition coefficient (Wildman–Crippen LogP) is 0.189. The topological polar surface area (TPSA) is 194 Å². The van der Waals surface area contributed by atoms with Crippen molar-refractivity contribution in [2.45, 2.75) is 49.8 Å². The van der Waals surface area contributed by atoms with Crippen molar-refractivity contribution in [3.05, 3.63) is 47.5 Å². The maximum Gasteiger partial charge on any atom is 0.302 e. The Labute approximate surface area is 236 Å². The van der Waals surface area contributed by atoms with E-state index in [1.165, 1.54) is 33.3 Å². The summed E-state index contributed by atoms with van der Waals surface area (Å²) in [5.41, 5.74) is 1.25. The molecule has 0 bridgehead atoms. The van der Waals surface area contributed by atoms with Crippen LogP contribution in [0.15, 0.2) is 36.4 Å². The fourth-order valence-corrected chi connectivity index (χ4v) is 5.24. The molecule has 2 saturated heterocycles. The highest BCUT2D eigenvalue weighted by atomic mass is 16.7. The average molecular weight is 581 g/mol. The zero-order valence-corrected chi connectivity index (χ0v) is 22.8. The van der Waals surface area contributed by atoms with Crippen molar-refractivity contribution < 1.29 is 63.9 Å². The van der Waals surface area contributed by atoms with Crippen molar-refractivity contribution in [3.63, 3.8) is 0 Å². The summed E-state index contributed by atoms with van der Waals surface area (Å²) in [6, 6.07) is 9.57. The van der Waals surface area contributed by atoms with Crippen molar-refractivity contribution in [3.8, 4) is 23.0 Å². The van der Waals surface area contributed by atoms with E-state index in [9.17, 15) is 35.4 Å². The number of carbonyl (C=O) groups excluding carboxylic acids is 1. The second-order valence-electron chi connectivity index (χ2n) is 9.95. The summed E-state index contributed by atoms with van der Waals surface area (Å²) >= 11 is 0. The highest BCUT2D eigenvalue weighted by Crippen LogP contribution is 2.51. The van der Waals surface area contributed by atoms with Crippen molar-refractivity contribution in [2.24, 2.45) is 11.8 Å². The molecule has 226 valence electrons. The van der Waals surface area contributed by atoms with Gasteiger partial charge in [0.15, 0.2) is 23.0 Å². The first-order valence-electron chi connectivity index (χ1n) is 13.0. The molecule has 0 aromatic heterocycles. The van der Waals surface area contributed by atoms with E-state index in [-0.39, 0.29) is 36.2 Å². The first-order chi connectivity index (χ1) is 19.6. The minimum atomic E-state index is -1.61. The lowest BCUT2D eigenvalue weighted by Gasteiger charge is -2.39. The number of hydrogen-bond donors (Lipinski definition) is 6. The lowest BCUT2D eigenvalue weighted by molar-refractivity contribution is -0.277. The average Bonchev–Trinajstić information content (AvgIpc) is 3.35. The molecule has 2 aromatic rings. The Morgan fingerprint density at radius 3 is 2.05 bits per heavy atom. The van der Waals surface area contributed by atoms with Gasteiger partial charge in [0.1, 0.15) is 24.4 Å². The van der Waals surface area contributed by atoms with Crippen LogP contribution in [0.2, 0.25) is 0 Å². The molecule has 0 aliphatic carbocycles. The van der Waals surface area contributed by atoms with E-state index in [2.05, 4.69) is 0 Å². The smallest absolute Gasteiger partial charge is 0.302 e. The van der Waals surface area contributed by atoms with Gasteiger partial charge in [-0.2, -0.15) is 0 Å². The lowest BCUT2D eigenvalue weighted by atomic mass is 9.83. The van der Waals surface area contributed by atoms with Crippen LogP contribution in [-0.4, -0.2) is 101 Å². The van der Waals surface area contributed by atoms with Crippen molar-refractivity contribution in [2.75, 3.05) is 34.0 Å². The van der Waals surface area contributed by atoms with Gasteiger partial charge >= 0.3 is 5.97 Å². The van der Waals surface area contributed by atoms with Crippen molar-refractivity contribution in [1.29, 1.82) is 0 Å². The first-order valence-corrected chi connectivity index (χ1v) is 13.0. The third-order valence-electron chi connectivity index (χ3n) is 7.45. The third-order valence-corrected chi connectivity index (χ3v) is 7.45. The maximum atomic E-state index is 11.7. The Morgan fingerprint density at radius 1 is 0.805 bits per heavy atom. The fraction of sp³-hybridized carbons (Fsp3) is 0.536.